The molecule has 2 aromatic carbocycles. The standard InChI is InChI=1S/C20H19ClN4O2/c21-15-3-1-2-14(10-15)6-7-22-19-12-20(24-13-23-19)25-16-4-5-17-18(11-16)27-9-8-26-17/h1-5,10-13H,6-9H2,(H2,22,23,24,25). The zero-order valence-corrected chi connectivity index (χ0v) is 15.4. The van der Waals surface area contributed by atoms with Gasteiger partial charge < -0.3 is 20.1 Å². The minimum absolute atomic E-state index is 0.560. The van der Waals surface area contributed by atoms with Gasteiger partial charge in [-0.05, 0) is 36.2 Å². The first-order chi connectivity index (χ1) is 13.3. The van der Waals surface area contributed by atoms with Gasteiger partial charge in [-0.15, -0.1) is 0 Å². The molecule has 1 aromatic heterocycles. The molecule has 0 saturated heterocycles. The van der Waals surface area contributed by atoms with Crippen LogP contribution in [-0.2, 0) is 6.42 Å². The Balaban J connectivity index is 1.37. The predicted molar refractivity (Wildman–Crippen MR) is 106 cm³/mol. The summed E-state index contributed by atoms with van der Waals surface area (Å²) in [6.45, 7) is 1.89. The molecule has 0 amide bonds. The van der Waals surface area contributed by atoms with Crippen molar-refractivity contribution < 1.29 is 9.47 Å². The molecule has 2 heterocycles. The molecular formula is C20H19ClN4O2. The van der Waals surface area contributed by atoms with Crippen molar-refractivity contribution in [1.82, 2.24) is 9.97 Å². The van der Waals surface area contributed by atoms with Gasteiger partial charge in [0.15, 0.2) is 11.5 Å². The molecule has 1 aliphatic rings. The van der Waals surface area contributed by atoms with Crippen LogP contribution in [0.15, 0.2) is 54.9 Å². The van der Waals surface area contributed by atoms with Gasteiger partial charge in [0.05, 0.1) is 0 Å². The van der Waals surface area contributed by atoms with Crippen LogP contribution in [-0.4, -0.2) is 29.7 Å². The van der Waals surface area contributed by atoms with Crippen molar-refractivity contribution in [1.29, 1.82) is 0 Å². The third kappa shape index (κ3) is 4.60. The van der Waals surface area contributed by atoms with E-state index < -0.39 is 0 Å². The van der Waals surface area contributed by atoms with Crippen LogP contribution in [0, 0.1) is 0 Å². The zero-order chi connectivity index (χ0) is 18.5. The largest absolute Gasteiger partial charge is 0.486 e. The highest BCUT2D eigenvalue weighted by molar-refractivity contribution is 6.30. The molecule has 0 bridgehead atoms. The molecule has 138 valence electrons. The molecular weight excluding hydrogens is 364 g/mol. The van der Waals surface area contributed by atoms with Gasteiger partial charge in [0.1, 0.15) is 31.2 Å². The maximum atomic E-state index is 6.02. The van der Waals surface area contributed by atoms with Crippen molar-refractivity contribution in [3.05, 3.63) is 65.4 Å². The van der Waals surface area contributed by atoms with E-state index in [4.69, 9.17) is 21.1 Å². The Kier molecular flexibility index (Phi) is 5.25. The number of anilines is 3. The molecule has 7 heteroatoms. The number of hydrogen-bond acceptors (Lipinski definition) is 6. The molecule has 0 spiro atoms. The van der Waals surface area contributed by atoms with E-state index in [1.807, 2.05) is 42.5 Å². The summed E-state index contributed by atoms with van der Waals surface area (Å²) in [5.74, 6) is 2.96. The number of halogens is 1. The second-order valence-electron chi connectivity index (χ2n) is 6.08. The number of benzene rings is 2. The molecule has 0 saturated carbocycles. The van der Waals surface area contributed by atoms with Crippen LogP contribution in [0.25, 0.3) is 0 Å². The van der Waals surface area contributed by atoms with Gasteiger partial charge in [-0.2, -0.15) is 0 Å². The van der Waals surface area contributed by atoms with E-state index in [-0.39, 0.29) is 0 Å². The lowest BCUT2D eigenvalue weighted by molar-refractivity contribution is 0.171. The van der Waals surface area contributed by atoms with Crippen LogP contribution in [0.2, 0.25) is 5.02 Å². The Morgan fingerprint density at radius 2 is 1.78 bits per heavy atom. The summed E-state index contributed by atoms with van der Waals surface area (Å²) in [5, 5.41) is 7.33. The number of fused-ring (bicyclic) bond motifs is 1. The SMILES string of the molecule is Clc1cccc(CCNc2cc(Nc3ccc4c(c3)OCCO4)ncn2)c1. The normalized spacial score (nSPS) is 12.5. The number of nitrogens with zero attached hydrogens (tertiary/aromatic N) is 2. The summed E-state index contributed by atoms with van der Waals surface area (Å²) >= 11 is 6.02. The predicted octanol–water partition coefficient (Wildman–Crippen LogP) is 4.30. The van der Waals surface area contributed by atoms with Gasteiger partial charge in [-0.3, -0.25) is 0 Å². The minimum Gasteiger partial charge on any atom is -0.486 e. The van der Waals surface area contributed by atoms with Crippen LogP contribution < -0.4 is 20.1 Å². The first kappa shape index (κ1) is 17.4. The molecule has 0 unspecified atom stereocenters. The van der Waals surface area contributed by atoms with Gasteiger partial charge >= 0.3 is 0 Å². The van der Waals surface area contributed by atoms with E-state index in [0.717, 1.165) is 41.0 Å². The summed E-state index contributed by atoms with van der Waals surface area (Å²) < 4.78 is 11.1. The summed E-state index contributed by atoms with van der Waals surface area (Å²) in [7, 11) is 0. The van der Waals surface area contributed by atoms with E-state index in [9.17, 15) is 0 Å². The number of ether oxygens (including phenoxy) is 2. The van der Waals surface area contributed by atoms with Crippen molar-refractivity contribution >= 4 is 28.9 Å². The van der Waals surface area contributed by atoms with Crippen LogP contribution in [0.4, 0.5) is 17.3 Å². The van der Waals surface area contributed by atoms with Crippen molar-refractivity contribution in [3.8, 4) is 11.5 Å². The first-order valence-electron chi connectivity index (χ1n) is 8.73. The van der Waals surface area contributed by atoms with Crippen molar-refractivity contribution in [3.63, 3.8) is 0 Å². The monoisotopic (exact) mass is 382 g/mol. The second-order valence-corrected chi connectivity index (χ2v) is 6.52. The number of nitrogens with one attached hydrogen (secondary N) is 2. The molecule has 4 rings (SSSR count). The fourth-order valence-corrected chi connectivity index (χ4v) is 3.03. The van der Waals surface area contributed by atoms with Gasteiger partial charge in [-0.25, -0.2) is 9.97 Å². The topological polar surface area (TPSA) is 68.3 Å². The molecule has 1 aliphatic heterocycles. The number of hydrogen-bond donors (Lipinski definition) is 2. The van der Waals surface area contributed by atoms with Crippen LogP contribution in [0.1, 0.15) is 5.56 Å². The van der Waals surface area contributed by atoms with E-state index in [1.54, 1.807) is 0 Å². The Morgan fingerprint density at radius 3 is 2.67 bits per heavy atom. The van der Waals surface area contributed by atoms with E-state index in [1.165, 1.54) is 11.9 Å². The average molecular weight is 383 g/mol. The molecule has 6 nitrogen and oxygen atoms in total. The van der Waals surface area contributed by atoms with Gasteiger partial charge in [0.2, 0.25) is 0 Å². The molecule has 0 aliphatic carbocycles. The van der Waals surface area contributed by atoms with Gasteiger partial charge in [0.25, 0.3) is 0 Å². The lowest BCUT2D eigenvalue weighted by Gasteiger charge is -2.19. The maximum Gasteiger partial charge on any atom is 0.163 e. The summed E-state index contributed by atoms with van der Waals surface area (Å²) in [4.78, 5) is 8.54. The summed E-state index contributed by atoms with van der Waals surface area (Å²) in [5.41, 5.74) is 2.06. The smallest absolute Gasteiger partial charge is 0.163 e. The van der Waals surface area contributed by atoms with E-state index in [0.29, 0.717) is 19.0 Å². The third-order valence-electron chi connectivity index (χ3n) is 4.09. The number of rotatable bonds is 6. The first-order valence-corrected chi connectivity index (χ1v) is 9.11. The summed E-state index contributed by atoms with van der Waals surface area (Å²) in [6.07, 6.45) is 2.39. The maximum absolute atomic E-state index is 6.02. The van der Waals surface area contributed by atoms with Crippen molar-refractivity contribution in [2.45, 2.75) is 6.42 Å². The van der Waals surface area contributed by atoms with E-state index in [2.05, 4.69) is 26.7 Å². The number of aromatic nitrogens is 2. The fraction of sp³-hybridized carbons (Fsp3) is 0.200. The molecule has 27 heavy (non-hydrogen) atoms. The van der Waals surface area contributed by atoms with Crippen LogP contribution in [0.3, 0.4) is 0 Å². The molecule has 3 aromatic rings. The highest BCUT2D eigenvalue weighted by Crippen LogP contribution is 2.33. The Hall–Kier alpha value is -2.99. The van der Waals surface area contributed by atoms with Crippen LogP contribution >= 0.6 is 11.6 Å². The van der Waals surface area contributed by atoms with Crippen molar-refractivity contribution in [2.75, 3.05) is 30.4 Å². The van der Waals surface area contributed by atoms with Crippen LogP contribution in [0.5, 0.6) is 11.5 Å². The van der Waals surface area contributed by atoms with Crippen molar-refractivity contribution in [2.24, 2.45) is 0 Å². The third-order valence-corrected chi connectivity index (χ3v) is 4.33. The Labute approximate surface area is 162 Å². The second kappa shape index (κ2) is 8.14. The average Bonchev–Trinajstić information content (AvgIpc) is 2.68. The Bertz CT molecular complexity index is 935. The highest BCUT2D eigenvalue weighted by atomic mass is 35.5. The fourth-order valence-electron chi connectivity index (χ4n) is 2.82. The highest BCUT2D eigenvalue weighted by Gasteiger charge is 2.12. The van der Waals surface area contributed by atoms with E-state index >= 15 is 0 Å². The minimum atomic E-state index is 0.560. The lowest BCUT2D eigenvalue weighted by Crippen LogP contribution is -2.15. The Morgan fingerprint density at radius 1 is 0.926 bits per heavy atom. The van der Waals surface area contributed by atoms with Gasteiger partial charge in [0, 0.05) is 29.4 Å². The quantitative estimate of drug-likeness (QED) is 0.662. The zero-order valence-electron chi connectivity index (χ0n) is 14.6. The molecule has 0 radical (unpaired) electrons. The van der Waals surface area contributed by atoms with Gasteiger partial charge in [-0.1, -0.05) is 23.7 Å². The lowest BCUT2D eigenvalue weighted by atomic mass is 10.1. The summed E-state index contributed by atoms with van der Waals surface area (Å²) in [6, 6.07) is 15.5. The molecule has 0 atom stereocenters. The molecule has 0 fully saturated rings. The molecule has 2 N–H and O–H groups in total.